The molecule has 0 aromatic heterocycles. The van der Waals surface area contributed by atoms with Gasteiger partial charge in [-0.25, -0.2) is 4.99 Å². The molecule has 0 saturated carbocycles. The molecule has 0 fully saturated rings. The minimum atomic E-state index is 0.420. The van der Waals surface area contributed by atoms with Crippen LogP contribution in [-0.4, -0.2) is 11.4 Å². The van der Waals surface area contributed by atoms with Gasteiger partial charge in [-0.05, 0) is 67.3 Å². The first-order valence-electron chi connectivity index (χ1n) is 12.5. The van der Waals surface area contributed by atoms with Crippen LogP contribution < -0.4 is 4.90 Å². The van der Waals surface area contributed by atoms with E-state index in [-0.39, 0.29) is 0 Å². The number of aliphatic imine (C=N–C) groups is 1. The Morgan fingerprint density at radius 1 is 0.595 bits per heavy atom. The van der Waals surface area contributed by atoms with Gasteiger partial charge in [0.25, 0.3) is 0 Å². The van der Waals surface area contributed by atoms with E-state index in [2.05, 4.69) is 116 Å². The first-order chi connectivity index (χ1) is 18.1. The Morgan fingerprint density at radius 2 is 1.19 bits per heavy atom. The van der Waals surface area contributed by atoms with Crippen molar-refractivity contribution in [2.75, 3.05) is 4.90 Å². The molecular weight excluding hydrogens is 450 g/mol. The van der Waals surface area contributed by atoms with Crippen LogP contribution in [0.4, 0.5) is 22.7 Å². The molecule has 0 spiro atoms. The van der Waals surface area contributed by atoms with Gasteiger partial charge in [-0.1, -0.05) is 84.4 Å². The molecule has 0 amide bonds. The highest BCUT2D eigenvalue weighted by Gasteiger charge is 2.19. The molecule has 5 aromatic rings. The van der Waals surface area contributed by atoms with E-state index in [1.54, 1.807) is 6.08 Å². The van der Waals surface area contributed by atoms with E-state index >= 15 is 0 Å². The van der Waals surface area contributed by atoms with Gasteiger partial charge in [0.05, 0.1) is 28.5 Å². The third kappa shape index (κ3) is 4.15. The molecule has 0 atom stereocenters. The highest BCUT2D eigenvalue weighted by molar-refractivity contribution is 6.50. The normalized spacial score (nSPS) is 14.1. The third-order valence-electron chi connectivity index (χ3n) is 6.92. The summed E-state index contributed by atoms with van der Waals surface area (Å²) in [7, 11) is 0. The molecule has 37 heavy (non-hydrogen) atoms. The summed E-state index contributed by atoms with van der Waals surface area (Å²) >= 11 is 0. The van der Waals surface area contributed by atoms with Gasteiger partial charge in [0.1, 0.15) is 0 Å². The van der Waals surface area contributed by atoms with Crippen molar-refractivity contribution in [1.29, 1.82) is 5.41 Å². The molecule has 0 unspecified atom stereocenters. The number of benzene rings is 5. The lowest BCUT2D eigenvalue weighted by Crippen LogP contribution is -2.11. The van der Waals surface area contributed by atoms with Crippen molar-refractivity contribution < 1.29 is 0 Å². The summed E-state index contributed by atoms with van der Waals surface area (Å²) in [6.07, 6.45) is 7.46. The molecule has 0 radical (unpaired) electrons. The Labute approximate surface area is 217 Å². The molecule has 0 heterocycles. The summed E-state index contributed by atoms with van der Waals surface area (Å²) in [5.41, 5.74) is 7.76. The number of fused-ring (bicyclic) bond motifs is 2. The van der Waals surface area contributed by atoms with E-state index in [0.717, 1.165) is 33.5 Å². The SMILES string of the molecule is Cc1ccc(N(c2ccc(C)c3ccccc23)c2ccc(/N=C3\C=CC=CC3=N)c3ccccc23)cc1. The first kappa shape index (κ1) is 22.7. The molecular formula is C34H27N3. The summed E-state index contributed by atoms with van der Waals surface area (Å²) in [4.78, 5) is 7.23. The minimum Gasteiger partial charge on any atom is -0.309 e. The van der Waals surface area contributed by atoms with Crippen LogP contribution in [0.15, 0.2) is 126 Å². The Hall–Kier alpha value is -4.76. The van der Waals surface area contributed by atoms with E-state index in [0.29, 0.717) is 11.4 Å². The smallest absolute Gasteiger partial charge is 0.0886 e. The van der Waals surface area contributed by atoms with E-state index < -0.39 is 0 Å². The summed E-state index contributed by atoms with van der Waals surface area (Å²) in [6.45, 7) is 4.28. The first-order valence-corrected chi connectivity index (χ1v) is 12.5. The Kier molecular flexibility index (Phi) is 5.74. The molecule has 6 rings (SSSR count). The zero-order valence-corrected chi connectivity index (χ0v) is 20.9. The Bertz CT molecular complexity index is 1750. The average Bonchev–Trinajstić information content (AvgIpc) is 2.93. The molecule has 1 N–H and O–H groups in total. The van der Waals surface area contributed by atoms with Gasteiger partial charge in [0, 0.05) is 21.8 Å². The van der Waals surface area contributed by atoms with E-state index in [9.17, 15) is 0 Å². The predicted molar refractivity (Wildman–Crippen MR) is 159 cm³/mol. The third-order valence-corrected chi connectivity index (χ3v) is 6.92. The molecule has 0 aliphatic heterocycles. The fraction of sp³-hybridized carbons (Fsp3) is 0.0588. The average molecular weight is 478 g/mol. The van der Waals surface area contributed by atoms with E-state index in [1.807, 2.05) is 18.2 Å². The maximum absolute atomic E-state index is 8.27. The van der Waals surface area contributed by atoms with E-state index in [1.165, 1.54) is 21.9 Å². The van der Waals surface area contributed by atoms with Crippen LogP contribution in [0.25, 0.3) is 21.5 Å². The fourth-order valence-corrected chi connectivity index (χ4v) is 4.99. The van der Waals surface area contributed by atoms with Crippen LogP contribution in [-0.2, 0) is 0 Å². The lowest BCUT2D eigenvalue weighted by molar-refractivity contribution is 1.30. The Morgan fingerprint density at radius 3 is 1.89 bits per heavy atom. The van der Waals surface area contributed by atoms with E-state index in [4.69, 9.17) is 10.4 Å². The molecule has 0 bridgehead atoms. The van der Waals surface area contributed by atoms with Crippen molar-refractivity contribution in [3.05, 3.63) is 132 Å². The molecule has 1 aliphatic carbocycles. The van der Waals surface area contributed by atoms with Gasteiger partial charge in [0.2, 0.25) is 0 Å². The van der Waals surface area contributed by atoms with Gasteiger partial charge in [0.15, 0.2) is 0 Å². The number of hydrogen-bond donors (Lipinski definition) is 1. The molecule has 3 heteroatoms. The fourth-order valence-electron chi connectivity index (χ4n) is 4.99. The van der Waals surface area contributed by atoms with Gasteiger partial charge >= 0.3 is 0 Å². The topological polar surface area (TPSA) is 39.5 Å². The monoisotopic (exact) mass is 477 g/mol. The second-order valence-electron chi connectivity index (χ2n) is 9.40. The maximum atomic E-state index is 8.27. The lowest BCUT2D eigenvalue weighted by Gasteiger charge is -2.29. The van der Waals surface area contributed by atoms with Gasteiger partial charge in [-0.3, -0.25) is 5.41 Å². The number of hydrogen-bond acceptors (Lipinski definition) is 3. The number of allylic oxidation sites excluding steroid dienone is 4. The summed E-state index contributed by atoms with van der Waals surface area (Å²) in [5, 5.41) is 12.9. The van der Waals surface area contributed by atoms with Crippen LogP contribution in [0.5, 0.6) is 0 Å². The minimum absolute atomic E-state index is 0.420. The van der Waals surface area contributed by atoms with Crippen LogP contribution in [0.3, 0.4) is 0 Å². The summed E-state index contributed by atoms with van der Waals surface area (Å²) < 4.78 is 0. The second kappa shape index (κ2) is 9.36. The number of nitrogens with one attached hydrogen (secondary N) is 1. The number of nitrogens with zero attached hydrogens (tertiary/aromatic N) is 2. The highest BCUT2D eigenvalue weighted by atomic mass is 15.1. The maximum Gasteiger partial charge on any atom is 0.0886 e. The molecule has 1 aliphatic rings. The van der Waals surface area contributed by atoms with Crippen molar-refractivity contribution in [3.8, 4) is 0 Å². The molecule has 5 aromatic carbocycles. The van der Waals surface area contributed by atoms with Crippen molar-refractivity contribution >= 4 is 55.7 Å². The number of rotatable bonds is 4. The van der Waals surface area contributed by atoms with Crippen LogP contribution in [0, 0.1) is 19.3 Å². The molecule has 0 saturated heterocycles. The van der Waals surface area contributed by atoms with Gasteiger partial charge in [-0.15, -0.1) is 0 Å². The second-order valence-corrected chi connectivity index (χ2v) is 9.40. The quantitative estimate of drug-likeness (QED) is 0.257. The van der Waals surface area contributed by atoms with Crippen LogP contribution >= 0.6 is 0 Å². The number of aryl methyl sites for hydroxylation is 2. The standard InChI is InChI=1S/C34H27N3/c1-23-15-18-25(19-16-23)37(33-21-17-24(2)26-9-3-5-11-28(26)33)34-22-20-31(27-10-4-6-12-29(27)34)36-32-14-8-7-13-30(32)35/h3-22,35H,1-2H3/b35-30?,36-32+. The molecule has 3 nitrogen and oxygen atoms in total. The van der Waals surface area contributed by atoms with Crippen molar-refractivity contribution in [2.24, 2.45) is 4.99 Å². The summed E-state index contributed by atoms with van der Waals surface area (Å²) in [6, 6.07) is 34.4. The largest absolute Gasteiger partial charge is 0.309 e. The zero-order valence-electron chi connectivity index (χ0n) is 20.9. The van der Waals surface area contributed by atoms with Crippen LogP contribution in [0.1, 0.15) is 11.1 Å². The van der Waals surface area contributed by atoms with Crippen molar-refractivity contribution in [3.63, 3.8) is 0 Å². The predicted octanol–water partition coefficient (Wildman–Crippen LogP) is 9.30. The van der Waals surface area contributed by atoms with Gasteiger partial charge in [-0.2, -0.15) is 0 Å². The zero-order chi connectivity index (χ0) is 25.4. The highest BCUT2D eigenvalue weighted by Crippen LogP contribution is 2.44. The van der Waals surface area contributed by atoms with Crippen molar-refractivity contribution in [2.45, 2.75) is 13.8 Å². The van der Waals surface area contributed by atoms with Crippen molar-refractivity contribution in [1.82, 2.24) is 0 Å². The lowest BCUT2D eigenvalue weighted by atomic mass is 10.00. The van der Waals surface area contributed by atoms with Crippen LogP contribution in [0.2, 0.25) is 0 Å². The Balaban J connectivity index is 1.62. The summed E-state index contributed by atoms with van der Waals surface area (Å²) in [5.74, 6) is 0. The van der Waals surface area contributed by atoms with Gasteiger partial charge < -0.3 is 4.90 Å². The molecule has 178 valence electrons. The number of anilines is 3.